The van der Waals surface area contributed by atoms with Crippen LogP contribution in [0, 0.1) is 0 Å². The Labute approximate surface area is 66.2 Å². The fourth-order valence-electron chi connectivity index (χ4n) is 1.29. The summed E-state index contributed by atoms with van der Waals surface area (Å²) in [6.07, 6.45) is -2.55. The maximum absolute atomic E-state index is 9.34. The van der Waals surface area contributed by atoms with Gasteiger partial charge in [-0.2, -0.15) is 0 Å². The molecule has 1 aliphatic rings. The van der Waals surface area contributed by atoms with Crippen LogP contribution in [0.25, 0.3) is 0 Å². The van der Waals surface area contributed by atoms with Crippen molar-refractivity contribution in [2.45, 2.75) is 30.7 Å². The van der Waals surface area contributed by atoms with Crippen LogP contribution < -0.4 is 0 Å². The van der Waals surface area contributed by atoms with Crippen molar-refractivity contribution >= 4 is 7.85 Å². The minimum Gasteiger partial charge on any atom is -0.394 e. The first kappa shape index (κ1) is 9.00. The summed E-state index contributed by atoms with van der Waals surface area (Å²) in [5.41, 5.74) is -0.757. The van der Waals surface area contributed by atoms with Gasteiger partial charge in [0.05, 0.1) is 12.1 Å². The van der Waals surface area contributed by atoms with Gasteiger partial charge in [-0.1, -0.05) is 0 Å². The van der Waals surface area contributed by atoms with Crippen molar-refractivity contribution in [2.75, 3.05) is 6.61 Å². The van der Waals surface area contributed by atoms with Crippen LogP contribution in [0.5, 0.6) is 0 Å². The van der Waals surface area contributed by atoms with E-state index in [0.717, 1.165) is 0 Å². The van der Waals surface area contributed by atoms with Gasteiger partial charge in [-0.15, -0.1) is 0 Å². The highest BCUT2D eigenvalue weighted by molar-refractivity contribution is 6.15. The number of hydrogen-bond donors (Lipinski definition) is 3. The van der Waals surface area contributed by atoms with E-state index < -0.39 is 23.8 Å². The summed E-state index contributed by atoms with van der Waals surface area (Å²) in [6, 6.07) is 0. The highest BCUT2D eigenvalue weighted by Gasteiger charge is 2.47. The second-order valence-electron chi connectivity index (χ2n) is 3.38. The molecule has 1 saturated heterocycles. The molecule has 0 saturated carbocycles. The molecular weight excluding hydrogens is 147 g/mol. The van der Waals surface area contributed by atoms with E-state index in [9.17, 15) is 10.2 Å². The Morgan fingerprint density at radius 3 is 2.27 bits per heavy atom. The second-order valence-corrected chi connectivity index (χ2v) is 3.38. The summed E-state index contributed by atoms with van der Waals surface area (Å²) in [5, 5.41) is 27.3. The van der Waals surface area contributed by atoms with E-state index in [4.69, 9.17) is 9.84 Å². The van der Waals surface area contributed by atoms with Crippen molar-refractivity contribution in [1.29, 1.82) is 0 Å². The first-order valence-electron chi connectivity index (χ1n) is 3.64. The third-order valence-electron chi connectivity index (χ3n) is 2.05. The molecule has 0 spiro atoms. The number of hydrogen-bond acceptors (Lipinski definition) is 4. The average Bonchev–Trinajstić information content (AvgIpc) is 2.13. The summed E-state index contributed by atoms with van der Waals surface area (Å²) < 4.78 is 5.17. The van der Waals surface area contributed by atoms with E-state index in [-0.39, 0.29) is 6.61 Å². The normalized spacial score (nSPS) is 51.5. The summed E-state index contributed by atoms with van der Waals surface area (Å²) in [7, 11) is 1.68. The number of ether oxygens (including phenoxy) is 1. The fraction of sp³-hybridized carbons (Fsp3) is 1.00. The molecule has 1 fully saturated rings. The highest BCUT2D eigenvalue weighted by atomic mass is 16.6. The lowest BCUT2D eigenvalue weighted by atomic mass is 9.78. The van der Waals surface area contributed by atoms with Crippen LogP contribution in [-0.2, 0) is 4.74 Å². The van der Waals surface area contributed by atoms with Crippen LogP contribution in [-0.4, -0.2) is 53.6 Å². The van der Waals surface area contributed by atoms with Crippen LogP contribution in [0.3, 0.4) is 0 Å². The highest BCUT2D eigenvalue weighted by Crippen LogP contribution is 2.27. The number of rotatable bonds is 1. The molecule has 0 aliphatic carbocycles. The maximum atomic E-state index is 9.34. The van der Waals surface area contributed by atoms with Gasteiger partial charge in [0.15, 0.2) is 0 Å². The summed E-state index contributed by atoms with van der Waals surface area (Å²) in [4.78, 5) is 0. The van der Waals surface area contributed by atoms with E-state index in [0.29, 0.717) is 0 Å². The third kappa shape index (κ3) is 1.42. The first-order chi connectivity index (χ1) is 4.99. The van der Waals surface area contributed by atoms with Crippen molar-refractivity contribution in [2.24, 2.45) is 0 Å². The second kappa shape index (κ2) is 2.75. The third-order valence-corrected chi connectivity index (χ3v) is 2.05. The van der Waals surface area contributed by atoms with Crippen molar-refractivity contribution < 1.29 is 20.1 Å². The molecule has 0 amide bonds. The molecule has 11 heavy (non-hydrogen) atoms. The Morgan fingerprint density at radius 1 is 1.55 bits per heavy atom. The molecular formula is C6H13BO4. The molecule has 0 bridgehead atoms. The van der Waals surface area contributed by atoms with Gasteiger partial charge in [-0.3, -0.25) is 0 Å². The monoisotopic (exact) mass is 160 g/mol. The van der Waals surface area contributed by atoms with Gasteiger partial charge in [0.25, 0.3) is 0 Å². The van der Waals surface area contributed by atoms with Gasteiger partial charge in [-0.25, -0.2) is 0 Å². The molecule has 5 heteroatoms. The van der Waals surface area contributed by atoms with Crippen LogP contribution in [0.1, 0.15) is 6.92 Å². The minimum absolute atomic E-state index is 0.262. The van der Waals surface area contributed by atoms with Crippen LogP contribution in [0.4, 0.5) is 0 Å². The quantitative estimate of drug-likeness (QED) is 0.369. The Kier molecular flexibility index (Phi) is 2.25. The van der Waals surface area contributed by atoms with Crippen LogP contribution >= 0.6 is 0 Å². The van der Waals surface area contributed by atoms with Crippen molar-refractivity contribution in [3.63, 3.8) is 0 Å². The molecule has 0 aromatic rings. The maximum Gasteiger partial charge on any atom is 0.146 e. The largest absolute Gasteiger partial charge is 0.394 e. The molecule has 0 aromatic carbocycles. The van der Waals surface area contributed by atoms with E-state index in [1.165, 1.54) is 0 Å². The summed E-state index contributed by atoms with van der Waals surface area (Å²) in [5.74, 6) is 0. The molecule has 64 valence electrons. The predicted octanol–water partition coefficient (Wildman–Crippen LogP) is -2.55. The minimum atomic E-state index is -0.977. The topological polar surface area (TPSA) is 69.9 Å². The molecule has 4 nitrogen and oxygen atoms in total. The Morgan fingerprint density at radius 2 is 2.09 bits per heavy atom. The SMILES string of the molecule is B[C@]1(C)O[C@H](CO)[C@H](O)C1O. The number of aliphatic hydroxyl groups is 3. The Balaban J connectivity index is 2.69. The predicted molar refractivity (Wildman–Crippen MR) is 40.9 cm³/mol. The van der Waals surface area contributed by atoms with E-state index in [1.807, 2.05) is 0 Å². The van der Waals surface area contributed by atoms with Gasteiger partial charge in [0.1, 0.15) is 26.2 Å². The van der Waals surface area contributed by atoms with Gasteiger partial charge in [0, 0.05) is 0 Å². The van der Waals surface area contributed by atoms with Gasteiger partial charge < -0.3 is 20.1 Å². The Bertz CT molecular complexity index is 150. The summed E-state index contributed by atoms with van der Waals surface area (Å²) >= 11 is 0. The lowest BCUT2D eigenvalue weighted by Crippen LogP contribution is -2.40. The molecule has 4 atom stereocenters. The first-order valence-corrected chi connectivity index (χ1v) is 3.64. The number of aliphatic hydroxyl groups excluding tert-OH is 3. The zero-order valence-corrected chi connectivity index (χ0v) is 6.69. The molecule has 0 radical (unpaired) electrons. The standard InChI is InChI=1S/C6H13BO4/c1-6(7)5(10)4(9)3(2-8)11-6/h3-5,8-10H,2,7H2,1H3/t3-,4+,5?,6-/m1/s1. The molecule has 1 rings (SSSR count). The molecule has 0 aromatic heterocycles. The lowest BCUT2D eigenvalue weighted by molar-refractivity contribution is -0.0333. The molecule has 1 unspecified atom stereocenters. The average molecular weight is 160 g/mol. The molecule has 3 N–H and O–H groups in total. The fourth-order valence-corrected chi connectivity index (χ4v) is 1.29. The van der Waals surface area contributed by atoms with E-state index >= 15 is 0 Å². The van der Waals surface area contributed by atoms with Gasteiger partial charge in [0.2, 0.25) is 0 Å². The summed E-state index contributed by atoms with van der Waals surface area (Å²) in [6.45, 7) is 1.41. The zero-order chi connectivity index (χ0) is 8.65. The van der Waals surface area contributed by atoms with Crippen molar-refractivity contribution in [1.82, 2.24) is 0 Å². The van der Waals surface area contributed by atoms with Crippen LogP contribution in [0.15, 0.2) is 0 Å². The molecule has 1 aliphatic heterocycles. The van der Waals surface area contributed by atoms with Gasteiger partial charge in [-0.05, 0) is 6.92 Å². The van der Waals surface area contributed by atoms with Crippen LogP contribution in [0.2, 0.25) is 0 Å². The van der Waals surface area contributed by atoms with E-state index in [1.54, 1.807) is 14.8 Å². The van der Waals surface area contributed by atoms with Gasteiger partial charge >= 0.3 is 0 Å². The zero-order valence-electron chi connectivity index (χ0n) is 6.69. The molecule has 1 heterocycles. The van der Waals surface area contributed by atoms with Crippen molar-refractivity contribution in [3.05, 3.63) is 0 Å². The smallest absolute Gasteiger partial charge is 0.146 e. The lowest BCUT2D eigenvalue weighted by Gasteiger charge is -2.21. The Hall–Kier alpha value is -0.0951. The van der Waals surface area contributed by atoms with E-state index in [2.05, 4.69) is 0 Å². The van der Waals surface area contributed by atoms with Crippen molar-refractivity contribution in [3.8, 4) is 0 Å².